The zero-order chi connectivity index (χ0) is 13.8. The van der Waals surface area contributed by atoms with Crippen molar-refractivity contribution in [1.82, 2.24) is 5.32 Å². The van der Waals surface area contributed by atoms with Crippen molar-refractivity contribution in [2.75, 3.05) is 6.61 Å². The van der Waals surface area contributed by atoms with Crippen molar-refractivity contribution in [3.05, 3.63) is 24.3 Å². The van der Waals surface area contributed by atoms with Crippen LogP contribution in [0.2, 0.25) is 0 Å². The first kappa shape index (κ1) is 13.3. The molecule has 1 amide bonds. The second-order valence-corrected chi connectivity index (χ2v) is 5.56. The lowest BCUT2D eigenvalue weighted by molar-refractivity contribution is -0.131. The molecular weight excluding hydrogens is 254 g/mol. The van der Waals surface area contributed by atoms with Crippen molar-refractivity contribution in [3.8, 4) is 11.5 Å². The van der Waals surface area contributed by atoms with Crippen molar-refractivity contribution in [2.24, 2.45) is 0 Å². The summed E-state index contributed by atoms with van der Waals surface area (Å²) in [6.07, 6.45) is 6.59. The third-order valence-corrected chi connectivity index (χ3v) is 4.00. The molecular formula is C16H21NO3. The first-order valence-corrected chi connectivity index (χ1v) is 7.52. The number of hydrogen-bond donors (Lipinski definition) is 1. The van der Waals surface area contributed by atoms with Crippen LogP contribution in [0.15, 0.2) is 24.3 Å². The first-order chi connectivity index (χ1) is 9.83. The molecule has 0 aromatic heterocycles. The topological polar surface area (TPSA) is 47.6 Å². The van der Waals surface area contributed by atoms with Crippen LogP contribution in [-0.4, -0.2) is 24.7 Å². The summed E-state index contributed by atoms with van der Waals surface area (Å²) >= 11 is 0. The maximum Gasteiger partial charge on any atom is 0.264 e. The smallest absolute Gasteiger partial charge is 0.264 e. The summed E-state index contributed by atoms with van der Waals surface area (Å²) in [5.74, 6) is 1.32. The van der Waals surface area contributed by atoms with Crippen LogP contribution in [0.5, 0.6) is 11.5 Å². The minimum atomic E-state index is -0.534. The molecule has 20 heavy (non-hydrogen) atoms. The van der Waals surface area contributed by atoms with E-state index < -0.39 is 6.10 Å². The fourth-order valence-corrected chi connectivity index (χ4v) is 2.87. The third-order valence-electron chi connectivity index (χ3n) is 4.00. The molecule has 0 saturated heterocycles. The second kappa shape index (κ2) is 6.16. The summed E-state index contributed by atoms with van der Waals surface area (Å²) in [7, 11) is 0. The minimum Gasteiger partial charge on any atom is -0.485 e. The Morgan fingerprint density at radius 2 is 1.75 bits per heavy atom. The van der Waals surface area contributed by atoms with Gasteiger partial charge in [0.25, 0.3) is 5.91 Å². The molecule has 1 aliphatic heterocycles. The number of carbonyl (C=O) groups is 1. The average Bonchev–Trinajstić information content (AvgIpc) is 2.75. The van der Waals surface area contributed by atoms with Crippen LogP contribution in [0.25, 0.3) is 0 Å². The van der Waals surface area contributed by atoms with E-state index in [0.29, 0.717) is 17.5 Å². The summed E-state index contributed by atoms with van der Waals surface area (Å²) in [5, 5.41) is 3.12. The lowest BCUT2D eigenvalue weighted by Crippen LogP contribution is -2.47. The van der Waals surface area contributed by atoms with E-state index in [1.807, 2.05) is 24.3 Å². The molecule has 1 N–H and O–H groups in total. The summed E-state index contributed by atoms with van der Waals surface area (Å²) in [6, 6.07) is 7.77. The predicted molar refractivity (Wildman–Crippen MR) is 76.0 cm³/mol. The zero-order valence-corrected chi connectivity index (χ0v) is 11.6. The van der Waals surface area contributed by atoms with Crippen LogP contribution < -0.4 is 14.8 Å². The fourth-order valence-electron chi connectivity index (χ4n) is 2.87. The van der Waals surface area contributed by atoms with E-state index >= 15 is 0 Å². The predicted octanol–water partition coefficient (Wildman–Crippen LogP) is 2.67. The van der Waals surface area contributed by atoms with E-state index in [0.717, 1.165) is 12.8 Å². The highest BCUT2D eigenvalue weighted by Crippen LogP contribution is 2.31. The highest BCUT2D eigenvalue weighted by Gasteiger charge is 2.28. The van der Waals surface area contributed by atoms with Gasteiger partial charge >= 0.3 is 0 Å². The molecule has 1 heterocycles. The Morgan fingerprint density at radius 1 is 1.05 bits per heavy atom. The Balaban J connectivity index is 1.58. The quantitative estimate of drug-likeness (QED) is 0.844. The molecule has 0 bridgehead atoms. The molecule has 4 heteroatoms. The maximum atomic E-state index is 12.3. The van der Waals surface area contributed by atoms with Gasteiger partial charge in [-0.3, -0.25) is 4.79 Å². The molecule has 3 rings (SSSR count). The number of carbonyl (C=O) groups excluding carboxylic acids is 1. The average molecular weight is 275 g/mol. The number of amides is 1. The molecule has 0 spiro atoms. The van der Waals surface area contributed by atoms with Crippen LogP contribution in [0, 0.1) is 0 Å². The summed E-state index contributed by atoms with van der Waals surface area (Å²) in [4.78, 5) is 12.3. The van der Waals surface area contributed by atoms with E-state index in [-0.39, 0.29) is 12.5 Å². The van der Waals surface area contributed by atoms with Gasteiger partial charge in [0, 0.05) is 6.04 Å². The number of benzene rings is 1. The van der Waals surface area contributed by atoms with Gasteiger partial charge < -0.3 is 14.8 Å². The molecule has 1 fully saturated rings. The Hall–Kier alpha value is -1.71. The van der Waals surface area contributed by atoms with Crippen molar-refractivity contribution < 1.29 is 14.3 Å². The van der Waals surface area contributed by atoms with Crippen LogP contribution in [0.4, 0.5) is 0 Å². The highest BCUT2D eigenvalue weighted by molar-refractivity contribution is 5.82. The van der Waals surface area contributed by atoms with E-state index in [2.05, 4.69) is 5.32 Å². The zero-order valence-electron chi connectivity index (χ0n) is 11.6. The molecule has 1 saturated carbocycles. The molecule has 1 aromatic carbocycles. The van der Waals surface area contributed by atoms with Gasteiger partial charge in [-0.15, -0.1) is 0 Å². The Bertz CT molecular complexity index is 467. The van der Waals surface area contributed by atoms with Gasteiger partial charge in [-0.25, -0.2) is 0 Å². The van der Waals surface area contributed by atoms with Gasteiger partial charge in [0.1, 0.15) is 6.61 Å². The second-order valence-electron chi connectivity index (χ2n) is 5.56. The van der Waals surface area contributed by atoms with Crippen molar-refractivity contribution in [1.29, 1.82) is 0 Å². The SMILES string of the molecule is O=C(NC1CCCCCC1)[C@@H]1COc2ccccc2O1. The van der Waals surface area contributed by atoms with Gasteiger partial charge in [-0.2, -0.15) is 0 Å². The minimum absolute atomic E-state index is 0.0496. The van der Waals surface area contributed by atoms with E-state index in [4.69, 9.17) is 9.47 Å². The number of nitrogens with one attached hydrogen (secondary N) is 1. The van der Waals surface area contributed by atoms with Crippen LogP contribution in [0.1, 0.15) is 38.5 Å². The monoisotopic (exact) mass is 275 g/mol. The molecule has 0 radical (unpaired) electrons. The standard InChI is InChI=1S/C16H21NO3/c18-16(17-12-7-3-1-2-4-8-12)15-11-19-13-9-5-6-10-14(13)20-15/h5-6,9-10,12,15H,1-4,7-8,11H2,(H,17,18)/t15-/m0/s1. The number of fused-ring (bicyclic) bond motifs is 1. The van der Waals surface area contributed by atoms with Gasteiger partial charge in [-0.05, 0) is 25.0 Å². The number of ether oxygens (including phenoxy) is 2. The Labute approximate surface area is 119 Å². The van der Waals surface area contributed by atoms with Crippen LogP contribution in [0.3, 0.4) is 0 Å². The van der Waals surface area contributed by atoms with Crippen LogP contribution in [-0.2, 0) is 4.79 Å². The van der Waals surface area contributed by atoms with E-state index in [9.17, 15) is 4.79 Å². The van der Waals surface area contributed by atoms with Crippen LogP contribution >= 0.6 is 0 Å². The summed E-state index contributed by atoms with van der Waals surface area (Å²) < 4.78 is 11.3. The Morgan fingerprint density at radius 3 is 2.50 bits per heavy atom. The van der Waals surface area contributed by atoms with Gasteiger partial charge in [0.2, 0.25) is 6.10 Å². The third kappa shape index (κ3) is 3.06. The number of rotatable bonds is 2. The van der Waals surface area contributed by atoms with Gasteiger partial charge in [0.15, 0.2) is 11.5 Å². The first-order valence-electron chi connectivity index (χ1n) is 7.52. The molecule has 0 unspecified atom stereocenters. The molecule has 108 valence electrons. The fraction of sp³-hybridized carbons (Fsp3) is 0.562. The highest BCUT2D eigenvalue weighted by atomic mass is 16.6. The largest absolute Gasteiger partial charge is 0.485 e. The molecule has 2 aliphatic rings. The van der Waals surface area contributed by atoms with Crippen molar-refractivity contribution in [2.45, 2.75) is 50.7 Å². The van der Waals surface area contributed by atoms with Gasteiger partial charge in [0.05, 0.1) is 0 Å². The molecule has 1 aliphatic carbocycles. The lowest BCUT2D eigenvalue weighted by atomic mass is 10.1. The van der Waals surface area contributed by atoms with E-state index in [1.54, 1.807) is 0 Å². The maximum absolute atomic E-state index is 12.3. The van der Waals surface area contributed by atoms with Crippen molar-refractivity contribution in [3.63, 3.8) is 0 Å². The Kier molecular flexibility index (Phi) is 4.09. The molecule has 1 aromatic rings. The number of para-hydroxylation sites is 2. The lowest BCUT2D eigenvalue weighted by Gasteiger charge is -2.27. The number of hydrogen-bond acceptors (Lipinski definition) is 3. The summed E-state index contributed by atoms with van der Waals surface area (Å²) in [6.45, 7) is 0.287. The van der Waals surface area contributed by atoms with E-state index in [1.165, 1.54) is 25.7 Å². The molecule has 1 atom stereocenters. The normalized spacial score (nSPS) is 22.9. The molecule has 4 nitrogen and oxygen atoms in total. The van der Waals surface area contributed by atoms with Gasteiger partial charge in [-0.1, -0.05) is 37.8 Å². The summed E-state index contributed by atoms with van der Waals surface area (Å²) in [5.41, 5.74) is 0. The van der Waals surface area contributed by atoms with Crippen molar-refractivity contribution >= 4 is 5.91 Å².